The second-order valence-corrected chi connectivity index (χ2v) is 5.59. The molecule has 2 N–H and O–H groups in total. The zero-order valence-electron chi connectivity index (χ0n) is 10.9. The van der Waals surface area contributed by atoms with Crippen LogP contribution in [0, 0.1) is 5.92 Å². The Morgan fingerprint density at radius 3 is 3.00 bits per heavy atom. The smallest absolute Gasteiger partial charge is 0.220 e. The van der Waals surface area contributed by atoms with E-state index < -0.39 is 0 Å². The second kappa shape index (κ2) is 6.36. The fraction of sp³-hybridized carbons (Fsp3) is 0.923. The average Bonchev–Trinajstić information content (AvgIpc) is 2.30. The molecule has 0 aliphatic carbocycles. The number of nitrogens with one attached hydrogen (secondary N) is 2. The van der Waals surface area contributed by atoms with E-state index in [-0.39, 0.29) is 5.91 Å². The summed E-state index contributed by atoms with van der Waals surface area (Å²) in [5.41, 5.74) is 0. The Morgan fingerprint density at radius 2 is 2.29 bits per heavy atom. The van der Waals surface area contributed by atoms with Gasteiger partial charge in [-0.3, -0.25) is 4.79 Å². The molecule has 0 aromatic carbocycles. The van der Waals surface area contributed by atoms with Crippen LogP contribution in [0.4, 0.5) is 0 Å². The molecule has 0 aromatic heterocycles. The highest BCUT2D eigenvalue weighted by Crippen LogP contribution is 2.14. The maximum Gasteiger partial charge on any atom is 0.220 e. The lowest BCUT2D eigenvalue weighted by molar-refractivity contribution is -0.123. The van der Waals surface area contributed by atoms with Gasteiger partial charge in [0, 0.05) is 19.0 Å². The van der Waals surface area contributed by atoms with Crippen molar-refractivity contribution in [1.29, 1.82) is 0 Å². The maximum atomic E-state index is 11.9. The minimum Gasteiger partial charge on any atom is -0.352 e. The van der Waals surface area contributed by atoms with Crippen LogP contribution in [0.15, 0.2) is 0 Å². The summed E-state index contributed by atoms with van der Waals surface area (Å²) >= 11 is 0. The third kappa shape index (κ3) is 4.28. The quantitative estimate of drug-likeness (QED) is 0.757. The molecule has 2 aliphatic heterocycles. The predicted molar refractivity (Wildman–Crippen MR) is 68.9 cm³/mol. The third-order valence-electron chi connectivity index (χ3n) is 3.86. The number of nitrogens with zero attached hydrogens (tertiary/aromatic N) is 1. The van der Waals surface area contributed by atoms with Gasteiger partial charge in [0.15, 0.2) is 0 Å². The monoisotopic (exact) mass is 239 g/mol. The minimum atomic E-state index is 0.249. The number of amides is 1. The molecule has 98 valence electrons. The van der Waals surface area contributed by atoms with Gasteiger partial charge in [-0.2, -0.15) is 0 Å². The summed E-state index contributed by atoms with van der Waals surface area (Å²) in [5.74, 6) is 0.795. The predicted octanol–water partition coefficient (Wildman–Crippen LogP) is 0.587. The van der Waals surface area contributed by atoms with E-state index in [9.17, 15) is 4.79 Å². The molecule has 4 heteroatoms. The first kappa shape index (κ1) is 12.8. The van der Waals surface area contributed by atoms with Gasteiger partial charge in [-0.1, -0.05) is 0 Å². The summed E-state index contributed by atoms with van der Waals surface area (Å²) in [6.07, 6.45) is 5.45. The number of piperidine rings is 2. The lowest BCUT2D eigenvalue weighted by Gasteiger charge is -2.31. The third-order valence-corrected chi connectivity index (χ3v) is 3.86. The zero-order valence-corrected chi connectivity index (χ0v) is 10.9. The second-order valence-electron chi connectivity index (χ2n) is 5.59. The van der Waals surface area contributed by atoms with E-state index in [4.69, 9.17) is 0 Å². The lowest BCUT2D eigenvalue weighted by Crippen LogP contribution is -2.47. The van der Waals surface area contributed by atoms with Crippen molar-refractivity contribution in [1.82, 2.24) is 15.5 Å². The standard InChI is InChI=1S/C13H25N3O/c1-16-7-3-5-12(10-16)15-13(17)8-11-4-2-6-14-9-11/h11-12,14H,2-10H2,1H3,(H,15,17). The van der Waals surface area contributed by atoms with Crippen molar-refractivity contribution in [3.8, 4) is 0 Å². The van der Waals surface area contributed by atoms with Crippen LogP contribution in [-0.2, 0) is 4.79 Å². The van der Waals surface area contributed by atoms with E-state index in [1.54, 1.807) is 0 Å². The Kier molecular flexibility index (Phi) is 4.80. The molecular weight excluding hydrogens is 214 g/mol. The molecule has 2 aliphatic rings. The van der Waals surface area contributed by atoms with Crippen molar-refractivity contribution in [2.24, 2.45) is 5.92 Å². The Bertz CT molecular complexity index is 251. The first-order valence-corrected chi connectivity index (χ1v) is 6.92. The largest absolute Gasteiger partial charge is 0.352 e. The Balaban J connectivity index is 1.68. The number of likely N-dealkylation sites (tertiary alicyclic amines) is 1. The molecule has 2 rings (SSSR count). The number of hydrogen-bond acceptors (Lipinski definition) is 3. The maximum absolute atomic E-state index is 11.9. The zero-order chi connectivity index (χ0) is 12.1. The Labute approximate surface area is 104 Å². The molecule has 0 spiro atoms. The van der Waals surface area contributed by atoms with Gasteiger partial charge in [-0.05, 0) is 58.3 Å². The highest BCUT2D eigenvalue weighted by molar-refractivity contribution is 5.76. The van der Waals surface area contributed by atoms with Gasteiger partial charge in [0.25, 0.3) is 0 Å². The van der Waals surface area contributed by atoms with Crippen LogP contribution in [0.2, 0.25) is 0 Å². The van der Waals surface area contributed by atoms with Gasteiger partial charge in [-0.25, -0.2) is 0 Å². The molecule has 2 heterocycles. The highest BCUT2D eigenvalue weighted by atomic mass is 16.1. The van der Waals surface area contributed by atoms with E-state index in [0.29, 0.717) is 18.4 Å². The van der Waals surface area contributed by atoms with Crippen molar-refractivity contribution < 1.29 is 4.79 Å². The van der Waals surface area contributed by atoms with Crippen molar-refractivity contribution in [3.05, 3.63) is 0 Å². The molecule has 2 unspecified atom stereocenters. The minimum absolute atomic E-state index is 0.249. The van der Waals surface area contributed by atoms with Crippen molar-refractivity contribution in [2.45, 2.75) is 38.1 Å². The summed E-state index contributed by atoms with van der Waals surface area (Å²) in [7, 11) is 2.13. The summed E-state index contributed by atoms with van der Waals surface area (Å²) in [6.45, 7) is 4.30. The van der Waals surface area contributed by atoms with Gasteiger partial charge in [0.05, 0.1) is 0 Å². The molecule has 1 amide bonds. The van der Waals surface area contributed by atoms with Gasteiger partial charge in [0.1, 0.15) is 0 Å². The summed E-state index contributed by atoms with van der Waals surface area (Å²) < 4.78 is 0. The fourth-order valence-electron chi connectivity index (χ4n) is 2.93. The van der Waals surface area contributed by atoms with Gasteiger partial charge in [-0.15, -0.1) is 0 Å². The van der Waals surface area contributed by atoms with E-state index in [0.717, 1.165) is 26.1 Å². The molecule has 2 saturated heterocycles. The van der Waals surface area contributed by atoms with Crippen molar-refractivity contribution in [3.63, 3.8) is 0 Å². The van der Waals surface area contributed by atoms with Gasteiger partial charge < -0.3 is 15.5 Å². The van der Waals surface area contributed by atoms with Gasteiger partial charge in [0.2, 0.25) is 5.91 Å². The molecule has 0 radical (unpaired) electrons. The first-order chi connectivity index (χ1) is 8.24. The Morgan fingerprint density at radius 1 is 1.41 bits per heavy atom. The molecule has 17 heavy (non-hydrogen) atoms. The molecule has 4 nitrogen and oxygen atoms in total. The van der Waals surface area contributed by atoms with Crippen LogP contribution >= 0.6 is 0 Å². The summed E-state index contributed by atoms with van der Waals surface area (Å²) in [6, 6.07) is 0.373. The van der Waals surface area contributed by atoms with Crippen LogP contribution in [0.1, 0.15) is 32.1 Å². The normalized spacial score (nSPS) is 31.1. The van der Waals surface area contributed by atoms with Crippen molar-refractivity contribution in [2.75, 3.05) is 33.2 Å². The summed E-state index contributed by atoms with van der Waals surface area (Å²) in [5, 5.41) is 6.55. The highest BCUT2D eigenvalue weighted by Gasteiger charge is 2.21. The molecule has 0 bridgehead atoms. The number of carbonyl (C=O) groups is 1. The van der Waals surface area contributed by atoms with E-state index in [2.05, 4.69) is 22.6 Å². The number of hydrogen-bond donors (Lipinski definition) is 2. The van der Waals surface area contributed by atoms with Crippen LogP contribution in [0.3, 0.4) is 0 Å². The number of likely N-dealkylation sites (N-methyl/N-ethyl adjacent to an activating group) is 1. The van der Waals surface area contributed by atoms with Crippen LogP contribution in [-0.4, -0.2) is 50.1 Å². The molecular formula is C13H25N3O. The average molecular weight is 239 g/mol. The van der Waals surface area contributed by atoms with E-state index in [1.807, 2.05) is 0 Å². The topological polar surface area (TPSA) is 44.4 Å². The lowest BCUT2D eigenvalue weighted by atomic mass is 9.95. The van der Waals surface area contributed by atoms with Crippen LogP contribution < -0.4 is 10.6 Å². The van der Waals surface area contributed by atoms with Crippen molar-refractivity contribution >= 4 is 5.91 Å². The molecule has 2 fully saturated rings. The summed E-state index contributed by atoms with van der Waals surface area (Å²) in [4.78, 5) is 14.2. The molecule has 0 aromatic rings. The number of rotatable bonds is 3. The van der Waals surface area contributed by atoms with E-state index in [1.165, 1.54) is 25.8 Å². The molecule has 0 saturated carbocycles. The van der Waals surface area contributed by atoms with Gasteiger partial charge >= 0.3 is 0 Å². The SMILES string of the molecule is CN1CCCC(NC(=O)CC2CCCNC2)C1. The number of carbonyl (C=O) groups excluding carboxylic acids is 1. The van der Waals surface area contributed by atoms with Crippen LogP contribution in [0.5, 0.6) is 0 Å². The van der Waals surface area contributed by atoms with E-state index >= 15 is 0 Å². The molecule has 2 atom stereocenters. The Hall–Kier alpha value is -0.610. The van der Waals surface area contributed by atoms with Crippen LogP contribution in [0.25, 0.3) is 0 Å². The fourth-order valence-corrected chi connectivity index (χ4v) is 2.93. The first-order valence-electron chi connectivity index (χ1n) is 6.92.